The van der Waals surface area contributed by atoms with Crippen molar-refractivity contribution < 1.29 is 0 Å². The van der Waals surface area contributed by atoms with Crippen LogP contribution >= 0.6 is 0 Å². The van der Waals surface area contributed by atoms with E-state index < -0.39 is 0 Å². The first-order valence-corrected chi connectivity index (χ1v) is 7.89. The predicted octanol–water partition coefficient (Wildman–Crippen LogP) is 5.97. The van der Waals surface area contributed by atoms with Crippen LogP contribution < -0.4 is 0 Å². The van der Waals surface area contributed by atoms with Gasteiger partial charge in [-0.15, -0.1) is 0 Å². The summed E-state index contributed by atoms with van der Waals surface area (Å²) in [4.78, 5) is 0. The molecule has 22 heavy (non-hydrogen) atoms. The number of hydrogen-bond acceptors (Lipinski definition) is 0. The second-order valence-electron chi connectivity index (χ2n) is 6.77. The first kappa shape index (κ1) is 13.3. The van der Waals surface area contributed by atoms with Gasteiger partial charge in [0.05, 0.1) is 0 Å². The monoisotopic (exact) mass is 284 g/mol. The molecule has 0 fully saturated rings. The molecule has 0 heteroatoms. The Bertz CT molecular complexity index is 854. The van der Waals surface area contributed by atoms with Crippen molar-refractivity contribution in [3.63, 3.8) is 0 Å². The molecule has 0 aliphatic heterocycles. The Labute approximate surface area is 132 Å². The maximum Gasteiger partial charge on any atom is 0.0165 e. The summed E-state index contributed by atoms with van der Waals surface area (Å²) in [6, 6.07) is 24.3. The van der Waals surface area contributed by atoms with Crippen LogP contribution in [0.1, 0.15) is 30.5 Å². The van der Waals surface area contributed by atoms with Crippen molar-refractivity contribution in [1.29, 1.82) is 0 Å². The number of aryl methyl sites for hydroxylation is 1. The van der Waals surface area contributed by atoms with Crippen molar-refractivity contribution in [2.75, 3.05) is 0 Å². The molecule has 0 heterocycles. The predicted molar refractivity (Wildman–Crippen MR) is 94.2 cm³/mol. The zero-order chi connectivity index (χ0) is 15.3. The van der Waals surface area contributed by atoms with Crippen molar-refractivity contribution in [1.82, 2.24) is 0 Å². The molecule has 0 radical (unpaired) electrons. The highest BCUT2D eigenvalue weighted by Gasteiger charge is 2.37. The summed E-state index contributed by atoms with van der Waals surface area (Å²) >= 11 is 0. The molecule has 1 aliphatic carbocycles. The third-order valence-electron chi connectivity index (χ3n) is 4.88. The fraction of sp³-hybridized carbons (Fsp3) is 0.182. The van der Waals surface area contributed by atoms with E-state index >= 15 is 0 Å². The first-order valence-electron chi connectivity index (χ1n) is 7.89. The molecule has 0 nitrogen and oxygen atoms in total. The van der Waals surface area contributed by atoms with Gasteiger partial charge in [0, 0.05) is 5.41 Å². The van der Waals surface area contributed by atoms with E-state index in [4.69, 9.17) is 0 Å². The van der Waals surface area contributed by atoms with Gasteiger partial charge in [-0.05, 0) is 45.9 Å². The lowest BCUT2D eigenvalue weighted by Crippen LogP contribution is -2.16. The Balaban J connectivity index is 2.09. The van der Waals surface area contributed by atoms with Gasteiger partial charge in [0.2, 0.25) is 0 Å². The quantitative estimate of drug-likeness (QED) is 0.516. The molecule has 0 bridgehead atoms. The molecule has 1 aliphatic rings. The maximum absolute atomic E-state index is 2.35. The van der Waals surface area contributed by atoms with Gasteiger partial charge in [-0.3, -0.25) is 0 Å². The summed E-state index contributed by atoms with van der Waals surface area (Å²) < 4.78 is 0. The molecule has 0 amide bonds. The SMILES string of the molecule is Cc1cc(-c2ccccc2)c2c(c1)-c1ccccc1C2(C)C. The lowest BCUT2D eigenvalue weighted by Gasteiger charge is -2.25. The van der Waals surface area contributed by atoms with Crippen LogP contribution in [0, 0.1) is 6.92 Å². The van der Waals surface area contributed by atoms with Gasteiger partial charge in [0.25, 0.3) is 0 Å². The molecule has 0 aromatic heterocycles. The largest absolute Gasteiger partial charge is 0.0622 e. The van der Waals surface area contributed by atoms with Crippen LogP contribution in [-0.2, 0) is 5.41 Å². The average Bonchev–Trinajstić information content (AvgIpc) is 2.76. The summed E-state index contributed by atoms with van der Waals surface area (Å²) in [5.41, 5.74) is 9.75. The highest BCUT2D eigenvalue weighted by Crippen LogP contribution is 2.52. The lowest BCUT2D eigenvalue weighted by atomic mass is 9.78. The van der Waals surface area contributed by atoms with Gasteiger partial charge in [-0.2, -0.15) is 0 Å². The van der Waals surface area contributed by atoms with Crippen molar-refractivity contribution in [3.05, 3.63) is 83.4 Å². The Morgan fingerprint density at radius 2 is 1.32 bits per heavy atom. The van der Waals surface area contributed by atoms with Crippen LogP contribution in [0.3, 0.4) is 0 Å². The molecule has 108 valence electrons. The molecular weight excluding hydrogens is 264 g/mol. The summed E-state index contributed by atoms with van der Waals surface area (Å²) in [7, 11) is 0. The first-order chi connectivity index (χ1) is 10.6. The molecule has 0 saturated carbocycles. The Kier molecular flexibility index (Phi) is 2.77. The van der Waals surface area contributed by atoms with Gasteiger partial charge in [0.15, 0.2) is 0 Å². The van der Waals surface area contributed by atoms with Crippen LogP contribution in [0.2, 0.25) is 0 Å². The maximum atomic E-state index is 2.35. The lowest BCUT2D eigenvalue weighted by molar-refractivity contribution is 0.662. The van der Waals surface area contributed by atoms with Gasteiger partial charge in [0.1, 0.15) is 0 Å². The van der Waals surface area contributed by atoms with E-state index in [0.717, 1.165) is 0 Å². The standard InChI is InChI=1S/C22H20/c1-15-13-18(16-9-5-4-6-10-16)21-19(14-15)17-11-7-8-12-20(17)22(21,2)3/h4-14H,1-3H3. The van der Waals surface area contributed by atoms with E-state index in [-0.39, 0.29) is 5.41 Å². The number of hydrogen-bond donors (Lipinski definition) is 0. The molecule has 3 aromatic carbocycles. The van der Waals surface area contributed by atoms with E-state index in [9.17, 15) is 0 Å². The average molecular weight is 284 g/mol. The smallest absolute Gasteiger partial charge is 0.0165 e. The number of rotatable bonds is 1. The number of fused-ring (bicyclic) bond motifs is 3. The van der Waals surface area contributed by atoms with Crippen LogP contribution in [0.4, 0.5) is 0 Å². The highest BCUT2D eigenvalue weighted by molar-refractivity contribution is 5.88. The molecule has 0 atom stereocenters. The Morgan fingerprint density at radius 1 is 0.682 bits per heavy atom. The Morgan fingerprint density at radius 3 is 2.09 bits per heavy atom. The summed E-state index contributed by atoms with van der Waals surface area (Å²) in [6.07, 6.45) is 0. The minimum atomic E-state index is 0.0464. The van der Waals surface area contributed by atoms with Gasteiger partial charge >= 0.3 is 0 Å². The summed E-state index contributed by atoms with van der Waals surface area (Å²) in [5.74, 6) is 0. The molecular formula is C22H20. The van der Waals surface area contributed by atoms with E-state index in [1.54, 1.807) is 0 Å². The van der Waals surface area contributed by atoms with Gasteiger partial charge in [-0.1, -0.05) is 80.6 Å². The van der Waals surface area contributed by atoms with Crippen LogP contribution in [0.25, 0.3) is 22.3 Å². The normalized spacial score (nSPS) is 14.5. The third kappa shape index (κ3) is 1.77. The van der Waals surface area contributed by atoms with Crippen molar-refractivity contribution in [2.45, 2.75) is 26.2 Å². The Hall–Kier alpha value is -2.34. The summed E-state index contributed by atoms with van der Waals surface area (Å²) in [6.45, 7) is 6.89. The zero-order valence-electron chi connectivity index (χ0n) is 13.4. The number of benzene rings is 3. The molecule has 0 saturated heterocycles. The minimum Gasteiger partial charge on any atom is -0.0622 e. The van der Waals surface area contributed by atoms with Crippen LogP contribution in [0.5, 0.6) is 0 Å². The van der Waals surface area contributed by atoms with E-state index in [0.29, 0.717) is 0 Å². The topological polar surface area (TPSA) is 0 Å². The van der Waals surface area contributed by atoms with Crippen LogP contribution in [-0.4, -0.2) is 0 Å². The zero-order valence-corrected chi connectivity index (χ0v) is 13.4. The van der Waals surface area contributed by atoms with Gasteiger partial charge < -0.3 is 0 Å². The molecule has 3 aromatic rings. The molecule has 0 unspecified atom stereocenters. The second kappa shape index (κ2) is 4.58. The van der Waals surface area contributed by atoms with Crippen molar-refractivity contribution >= 4 is 0 Å². The molecule has 4 rings (SSSR count). The van der Waals surface area contributed by atoms with E-state index in [1.807, 2.05) is 0 Å². The molecule has 0 spiro atoms. The van der Waals surface area contributed by atoms with Gasteiger partial charge in [-0.25, -0.2) is 0 Å². The van der Waals surface area contributed by atoms with Crippen molar-refractivity contribution in [2.24, 2.45) is 0 Å². The van der Waals surface area contributed by atoms with Crippen molar-refractivity contribution in [3.8, 4) is 22.3 Å². The minimum absolute atomic E-state index is 0.0464. The fourth-order valence-corrected chi connectivity index (χ4v) is 3.92. The third-order valence-corrected chi connectivity index (χ3v) is 4.88. The second-order valence-corrected chi connectivity index (χ2v) is 6.77. The van der Waals surface area contributed by atoms with Crippen LogP contribution in [0.15, 0.2) is 66.7 Å². The summed E-state index contributed by atoms with van der Waals surface area (Å²) in [5, 5.41) is 0. The highest BCUT2D eigenvalue weighted by atomic mass is 14.4. The van der Waals surface area contributed by atoms with E-state index in [1.165, 1.54) is 38.9 Å². The molecule has 0 N–H and O–H groups in total. The van der Waals surface area contributed by atoms with E-state index in [2.05, 4.69) is 87.5 Å². The fourth-order valence-electron chi connectivity index (χ4n) is 3.92.